The van der Waals surface area contributed by atoms with Crippen LogP contribution in [0.15, 0.2) is 0 Å². The lowest BCUT2D eigenvalue weighted by molar-refractivity contribution is 0.0857. The number of ether oxygens (including phenoxy) is 1. The summed E-state index contributed by atoms with van der Waals surface area (Å²) in [5, 5.41) is 3.38. The van der Waals surface area contributed by atoms with Gasteiger partial charge < -0.3 is 10.1 Å². The molecule has 2 heterocycles. The third kappa shape index (κ3) is 3.46. The van der Waals surface area contributed by atoms with Gasteiger partial charge in [-0.1, -0.05) is 19.8 Å². The Morgan fingerprint density at radius 3 is 2.89 bits per heavy atom. The summed E-state index contributed by atoms with van der Waals surface area (Å²) < 4.78 is 5.69. The molecule has 0 aromatic rings. The smallest absolute Gasteiger partial charge is 0.0547 e. The van der Waals surface area contributed by atoms with Gasteiger partial charge in [-0.15, -0.1) is 0 Å². The summed E-state index contributed by atoms with van der Waals surface area (Å²) in [5.74, 6) is 0. The molecule has 106 valence electrons. The van der Waals surface area contributed by atoms with E-state index in [1.54, 1.807) is 0 Å². The first-order chi connectivity index (χ1) is 8.79. The number of hydrogen-bond donors (Lipinski definition) is 1. The number of nitrogens with zero attached hydrogens (tertiary/aromatic N) is 1. The van der Waals surface area contributed by atoms with Crippen molar-refractivity contribution in [3.05, 3.63) is 0 Å². The van der Waals surface area contributed by atoms with Crippen molar-refractivity contribution in [3.63, 3.8) is 0 Å². The van der Waals surface area contributed by atoms with Crippen LogP contribution in [0.3, 0.4) is 0 Å². The molecule has 0 spiro atoms. The van der Waals surface area contributed by atoms with Gasteiger partial charge in [-0.2, -0.15) is 0 Å². The van der Waals surface area contributed by atoms with Crippen LogP contribution >= 0.6 is 0 Å². The zero-order valence-electron chi connectivity index (χ0n) is 12.2. The summed E-state index contributed by atoms with van der Waals surface area (Å²) in [6.45, 7) is 7.86. The van der Waals surface area contributed by atoms with E-state index in [1.807, 2.05) is 0 Å². The molecule has 2 fully saturated rings. The quantitative estimate of drug-likeness (QED) is 0.814. The fourth-order valence-electron chi connectivity index (χ4n) is 3.68. The highest BCUT2D eigenvalue weighted by molar-refractivity contribution is 4.90. The third-order valence-corrected chi connectivity index (χ3v) is 4.75. The van der Waals surface area contributed by atoms with E-state index in [9.17, 15) is 0 Å². The van der Waals surface area contributed by atoms with Crippen molar-refractivity contribution in [2.24, 2.45) is 5.41 Å². The van der Waals surface area contributed by atoms with Crippen LogP contribution in [0, 0.1) is 5.41 Å². The SMILES string of the molecule is CCC1CCCCCN1CC1(CNC)CCOC1. The molecule has 0 radical (unpaired) electrons. The second-order valence-corrected chi connectivity index (χ2v) is 6.21. The lowest BCUT2D eigenvalue weighted by atomic mass is 9.85. The molecule has 2 unspecified atom stereocenters. The molecule has 0 amide bonds. The Morgan fingerprint density at radius 1 is 1.33 bits per heavy atom. The Hall–Kier alpha value is -0.120. The maximum atomic E-state index is 5.69. The van der Waals surface area contributed by atoms with Gasteiger partial charge in [-0.05, 0) is 39.3 Å². The Kier molecular flexibility index (Phi) is 5.46. The molecule has 1 N–H and O–H groups in total. The summed E-state index contributed by atoms with van der Waals surface area (Å²) >= 11 is 0. The van der Waals surface area contributed by atoms with E-state index in [2.05, 4.69) is 24.2 Å². The second kappa shape index (κ2) is 6.88. The monoisotopic (exact) mass is 254 g/mol. The van der Waals surface area contributed by atoms with Gasteiger partial charge in [-0.3, -0.25) is 4.90 Å². The van der Waals surface area contributed by atoms with Gasteiger partial charge in [0, 0.05) is 31.2 Å². The van der Waals surface area contributed by atoms with Crippen LogP contribution in [-0.2, 0) is 4.74 Å². The van der Waals surface area contributed by atoms with Gasteiger partial charge in [0.15, 0.2) is 0 Å². The highest BCUT2D eigenvalue weighted by atomic mass is 16.5. The van der Waals surface area contributed by atoms with E-state index in [4.69, 9.17) is 4.74 Å². The molecule has 0 bridgehead atoms. The lowest BCUT2D eigenvalue weighted by Gasteiger charge is -2.37. The van der Waals surface area contributed by atoms with E-state index in [-0.39, 0.29) is 0 Å². The average molecular weight is 254 g/mol. The van der Waals surface area contributed by atoms with Crippen LogP contribution in [-0.4, -0.2) is 50.8 Å². The molecule has 2 rings (SSSR count). The molecule has 0 aliphatic carbocycles. The van der Waals surface area contributed by atoms with E-state index in [0.29, 0.717) is 5.41 Å². The van der Waals surface area contributed by atoms with Gasteiger partial charge >= 0.3 is 0 Å². The zero-order valence-corrected chi connectivity index (χ0v) is 12.2. The van der Waals surface area contributed by atoms with Crippen molar-refractivity contribution in [2.75, 3.05) is 39.9 Å². The normalized spacial score (nSPS) is 34.7. The number of nitrogens with one attached hydrogen (secondary N) is 1. The van der Waals surface area contributed by atoms with Gasteiger partial charge in [0.05, 0.1) is 6.61 Å². The number of hydrogen-bond acceptors (Lipinski definition) is 3. The van der Waals surface area contributed by atoms with Gasteiger partial charge in [0.1, 0.15) is 0 Å². The molecular formula is C15H30N2O. The first-order valence-electron chi connectivity index (χ1n) is 7.76. The van der Waals surface area contributed by atoms with Crippen molar-refractivity contribution in [3.8, 4) is 0 Å². The minimum atomic E-state index is 0.368. The van der Waals surface area contributed by atoms with Crippen LogP contribution in [0.1, 0.15) is 45.4 Å². The Bertz CT molecular complexity index is 239. The third-order valence-electron chi connectivity index (χ3n) is 4.75. The summed E-state index contributed by atoms with van der Waals surface area (Å²) in [7, 11) is 2.07. The number of rotatable bonds is 5. The molecular weight excluding hydrogens is 224 g/mol. The Balaban J connectivity index is 1.99. The largest absolute Gasteiger partial charge is 0.381 e. The molecule has 2 atom stereocenters. The molecule has 2 aliphatic heterocycles. The van der Waals surface area contributed by atoms with E-state index in [1.165, 1.54) is 51.6 Å². The van der Waals surface area contributed by atoms with E-state index < -0.39 is 0 Å². The molecule has 3 nitrogen and oxygen atoms in total. The molecule has 0 aromatic heterocycles. The van der Waals surface area contributed by atoms with Crippen molar-refractivity contribution < 1.29 is 4.74 Å². The first kappa shape index (κ1) is 14.3. The standard InChI is InChI=1S/C15H30N2O/c1-3-14-7-5-4-6-9-17(14)12-15(11-16-2)8-10-18-13-15/h14,16H,3-13H2,1-2H3. The zero-order chi connectivity index (χ0) is 12.8. The number of likely N-dealkylation sites (tertiary alicyclic amines) is 1. The fourth-order valence-corrected chi connectivity index (χ4v) is 3.68. The summed E-state index contributed by atoms with van der Waals surface area (Å²) in [6, 6.07) is 0.807. The van der Waals surface area contributed by atoms with Crippen LogP contribution in [0.4, 0.5) is 0 Å². The maximum absolute atomic E-state index is 5.69. The molecule has 18 heavy (non-hydrogen) atoms. The molecule has 2 saturated heterocycles. The molecule has 2 aliphatic rings. The van der Waals surface area contributed by atoms with Crippen LogP contribution in [0.25, 0.3) is 0 Å². The average Bonchev–Trinajstić information content (AvgIpc) is 2.70. The summed E-state index contributed by atoms with van der Waals surface area (Å²) in [4.78, 5) is 2.76. The Morgan fingerprint density at radius 2 is 2.22 bits per heavy atom. The highest BCUT2D eigenvalue weighted by Gasteiger charge is 2.37. The van der Waals surface area contributed by atoms with Gasteiger partial charge in [-0.25, -0.2) is 0 Å². The van der Waals surface area contributed by atoms with Crippen LogP contribution in [0.2, 0.25) is 0 Å². The van der Waals surface area contributed by atoms with Crippen molar-refractivity contribution in [2.45, 2.75) is 51.5 Å². The first-order valence-corrected chi connectivity index (χ1v) is 7.76. The Labute approximate surface area is 112 Å². The summed E-state index contributed by atoms with van der Waals surface area (Å²) in [6.07, 6.45) is 8.14. The van der Waals surface area contributed by atoms with Crippen LogP contribution in [0.5, 0.6) is 0 Å². The highest BCUT2D eigenvalue weighted by Crippen LogP contribution is 2.31. The predicted octanol–water partition coefficient (Wildman–Crippen LogP) is 2.27. The molecule has 0 saturated carbocycles. The van der Waals surface area contributed by atoms with Crippen molar-refractivity contribution >= 4 is 0 Å². The van der Waals surface area contributed by atoms with Crippen molar-refractivity contribution in [1.29, 1.82) is 0 Å². The molecule has 3 heteroatoms. The van der Waals surface area contributed by atoms with Gasteiger partial charge in [0.25, 0.3) is 0 Å². The van der Waals surface area contributed by atoms with E-state index in [0.717, 1.165) is 25.8 Å². The maximum Gasteiger partial charge on any atom is 0.0547 e. The van der Waals surface area contributed by atoms with Gasteiger partial charge in [0.2, 0.25) is 0 Å². The predicted molar refractivity (Wildman–Crippen MR) is 75.9 cm³/mol. The van der Waals surface area contributed by atoms with Crippen LogP contribution < -0.4 is 5.32 Å². The fraction of sp³-hybridized carbons (Fsp3) is 1.00. The summed E-state index contributed by atoms with van der Waals surface area (Å²) in [5.41, 5.74) is 0.368. The lowest BCUT2D eigenvalue weighted by Crippen LogP contribution is -2.47. The minimum Gasteiger partial charge on any atom is -0.381 e. The molecule has 0 aromatic carbocycles. The van der Waals surface area contributed by atoms with Crippen molar-refractivity contribution in [1.82, 2.24) is 10.2 Å². The second-order valence-electron chi connectivity index (χ2n) is 6.21. The topological polar surface area (TPSA) is 24.5 Å². The minimum absolute atomic E-state index is 0.368. The van der Waals surface area contributed by atoms with E-state index >= 15 is 0 Å².